The van der Waals surface area contributed by atoms with Crippen LogP contribution in [0.4, 0.5) is 11.5 Å². The molecule has 30 heavy (non-hydrogen) atoms. The van der Waals surface area contributed by atoms with Crippen molar-refractivity contribution in [1.82, 2.24) is 19.5 Å². The largest absolute Gasteiger partial charge is 0.368 e. The lowest BCUT2D eigenvalue weighted by Crippen LogP contribution is -2.46. The molecule has 4 aromatic rings. The molecule has 0 saturated carbocycles. The molecule has 2 aromatic carbocycles. The minimum absolute atomic E-state index is 0. The van der Waals surface area contributed by atoms with Gasteiger partial charge in [-0.2, -0.15) is 0 Å². The van der Waals surface area contributed by atoms with E-state index >= 15 is 0 Å². The normalized spacial score (nSPS) is 13.9. The summed E-state index contributed by atoms with van der Waals surface area (Å²) >= 11 is 0. The summed E-state index contributed by atoms with van der Waals surface area (Å²) < 4.78 is 1.73. The van der Waals surface area contributed by atoms with E-state index in [9.17, 15) is 4.79 Å². The molecule has 0 atom stereocenters. The topological polar surface area (TPSA) is 70.1 Å². The van der Waals surface area contributed by atoms with Gasteiger partial charge in [0, 0.05) is 43.8 Å². The maximum absolute atomic E-state index is 12.2. The van der Waals surface area contributed by atoms with Gasteiger partial charge in [0.15, 0.2) is 0 Å². The smallest absolute Gasteiger partial charge is 0.326 e. The summed E-state index contributed by atoms with van der Waals surface area (Å²) in [5.41, 5.74) is 3.76. The van der Waals surface area contributed by atoms with E-state index in [1.54, 1.807) is 10.9 Å². The third-order valence-electron chi connectivity index (χ3n) is 5.53. The minimum Gasteiger partial charge on any atom is -0.368 e. The van der Waals surface area contributed by atoms with Gasteiger partial charge in [-0.15, -0.1) is 24.8 Å². The average molecular weight is 447 g/mol. The molecule has 1 fully saturated rings. The zero-order chi connectivity index (χ0) is 19.1. The summed E-state index contributed by atoms with van der Waals surface area (Å²) in [4.78, 5) is 28.9. The number of aromatic nitrogens is 4. The standard InChI is InChI=1S/C21H22N6O.2ClH/c1-2-27-19-13-17-16(12-18(19)24-21(27)28)20(23-14-22-17)26-10-8-25(9-11-26)15-6-4-3-5-7-15;;/h3-7,12-14H,2,8-11H2,1H3,(H,24,28);2*1H. The van der Waals surface area contributed by atoms with Crippen molar-refractivity contribution in [2.24, 2.45) is 0 Å². The van der Waals surface area contributed by atoms with Crippen molar-refractivity contribution < 1.29 is 0 Å². The van der Waals surface area contributed by atoms with Crippen molar-refractivity contribution >= 4 is 58.3 Å². The Balaban J connectivity index is 0.00000128. The van der Waals surface area contributed by atoms with Crippen molar-refractivity contribution in [2.45, 2.75) is 13.5 Å². The number of halogens is 2. The summed E-state index contributed by atoms with van der Waals surface area (Å²) in [6, 6.07) is 14.5. The second-order valence-corrected chi connectivity index (χ2v) is 7.07. The first kappa shape index (κ1) is 21.9. The first-order valence-corrected chi connectivity index (χ1v) is 9.67. The molecule has 1 N–H and O–H groups in total. The Hall–Kier alpha value is -2.77. The zero-order valence-electron chi connectivity index (χ0n) is 16.6. The molecule has 1 aliphatic rings. The van der Waals surface area contributed by atoms with E-state index in [-0.39, 0.29) is 30.5 Å². The number of benzene rings is 2. The highest BCUT2D eigenvalue weighted by Crippen LogP contribution is 2.28. The van der Waals surface area contributed by atoms with Gasteiger partial charge in [0.2, 0.25) is 0 Å². The van der Waals surface area contributed by atoms with Crippen molar-refractivity contribution in [3.8, 4) is 0 Å². The third kappa shape index (κ3) is 3.70. The van der Waals surface area contributed by atoms with Gasteiger partial charge in [-0.25, -0.2) is 14.8 Å². The number of fused-ring (bicyclic) bond motifs is 2. The van der Waals surface area contributed by atoms with E-state index in [2.05, 4.69) is 49.0 Å². The number of hydrogen-bond donors (Lipinski definition) is 1. The first-order chi connectivity index (χ1) is 13.7. The monoisotopic (exact) mass is 446 g/mol. The van der Waals surface area contributed by atoms with Gasteiger partial charge < -0.3 is 14.8 Å². The van der Waals surface area contributed by atoms with Gasteiger partial charge in [0.1, 0.15) is 12.1 Å². The Morgan fingerprint density at radius 3 is 2.37 bits per heavy atom. The number of piperazine rings is 1. The van der Waals surface area contributed by atoms with E-state index in [0.29, 0.717) is 6.54 Å². The summed E-state index contributed by atoms with van der Waals surface area (Å²) in [6.07, 6.45) is 1.62. The Kier molecular flexibility index (Phi) is 6.53. The van der Waals surface area contributed by atoms with E-state index in [1.807, 2.05) is 25.1 Å². The number of H-pyrrole nitrogens is 1. The number of nitrogens with zero attached hydrogens (tertiary/aromatic N) is 5. The minimum atomic E-state index is -0.0845. The van der Waals surface area contributed by atoms with Gasteiger partial charge in [-0.3, -0.25) is 4.57 Å². The van der Waals surface area contributed by atoms with E-state index < -0.39 is 0 Å². The van der Waals surface area contributed by atoms with Crippen LogP contribution in [-0.2, 0) is 6.54 Å². The molecule has 0 bridgehead atoms. The molecule has 5 rings (SSSR count). The van der Waals surface area contributed by atoms with Crippen LogP contribution in [0.3, 0.4) is 0 Å². The Morgan fingerprint density at radius 2 is 1.67 bits per heavy atom. The lowest BCUT2D eigenvalue weighted by Gasteiger charge is -2.37. The van der Waals surface area contributed by atoms with Crippen LogP contribution in [0.25, 0.3) is 21.9 Å². The second-order valence-electron chi connectivity index (χ2n) is 7.07. The molecule has 0 unspecified atom stereocenters. The molecule has 9 heteroatoms. The van der Waals surface area contributed by atoms with E-state index in [1.165, 1.54) is 5.69 Å². The number of aromatic amines is 1. The van der Waals surface area contributed by atoms with Crippen molar-refractivity contribution in [3.05, 3.63) is 59.3 Å². The number of rotatable bonds is 3. The molecule has 1 aliphatic heterocycles. The van der Waals surface area contributed by atoms with Crippen LogP contribution in [-0.4, -0.2) is 45.7 Å². The number of imidazole rings is 1. The Bertz CT molecular complexity index is 1200. The number of hydrogen-bond acceptors (Lipinski definition) is 5. The average Bonchev–Trinajstić information content (AvgIpc) is 3.06. The number of aryl methyl sites for hydroxylation is 1. The molecule has 7 nitrogen and oxygen atoms in total. The lowest BCUT2D eigenvalue weighted by molar-refractivity contribution is 0.649. The van der Waals surface area contributed by atoms with E-state index in [4.69, 9.17) is 0 Å². The maximum Gasteiger partial charge on any atom is 0.326 e. The fourth-order valence-corrected chi connectivity index (χ4v) is 4.08. The van der Waals surface area contributed by atoms with Gasteiger partial charge in [0.05, 0.1) is 16.6 Å². The second kappa shape index (κ2) is 8.93. The summed E-state index contributed by atoms with van der Waals surface area (Å²) in [5.74, 6) is 0.935. The zero-order valence-corrected chi connectivity index (χ0v) is 18.2. The Morgan fingerprint density at radius 1 is 0.967 bits per heavy atom. The predicted octanol–water partition coefficient (Wildman–Crippen LogP) is 3.46. The number of nitrogens with one attached hydrogen (secondary N) is 1. The predicted molar refractivity (Wildman–Crippen MR) is 127 cm³/mol. The molecule has 158 valence electrons. The van der Waals surface area contributed by atoms with Crippen LogP contribution in [0.2, 0.25) is 0 Å². The summed E-state index contributed by atoms with van der Waals surface area (Å²) in [7, 11) is 0. The molecule has 2 aromatic heterocycles. The van der Waals surface area contributed by atoms with Crippen molar-refractivity contribution in [2.75, 3.05) is 36.0 Å². The number of anilines is 2. The maximum atomic E-state index is 12.2. The van der Waals surface area contributed by atoms with Crippen molar-refractivity contribution in [3.63, 3.8) is 0 Å². The molecule has 0 amide bonds. The van der Waals surface area contributed by atoms with Crippen LogP contribution in [0, 0.1) is 0 Å². The van der Waals surface area contributed by atoms with Crippen LogP contribution in [0.15, 0.2) is 53.6 Å². The van der Waals surface area contributed by atoms with Crippen LogP contribution in [0.5, 0.6) is 0 Å². The van der Waals surface area contributed by atoms with Crippen LogP contribution < -0.4 is 15.5 Å². The molecule has 0 aliphatic carbocycles. The van der Waals surface area contributed by atoms with Gasteiger partial charge >= 0.3 is 5.69 Å². The fourth-order valence-electron chi connectivity index (χ4n) is 4.08. The molecule has 0 radical (unpaired) electrons. The Labute approximate surface area is 186 Å². The molecule has 1 saturated heterocycles. The molecular formula is C21H24Cl2N6O. The van der Waals surface area contributed by atoms with Gasteiger partial charge in [-0.05, 0) is 31.2 Å². The third-order valence-corrected chi connectivity index (χ3v) is 5.53. The van der Waals surface area contributed by atoms with Crippen LogP contribution >= 0.6 is 24.8 Å². The molecule has 0 spiro atoms. The van der Waals surface area contributed by atoms with Gasteiger partial charge in [0.25, 0.3) is 0 Å². The SMILES string of the molecule is CCn1c(=O)[nH]c2cc3c(N4CCN(c5ccccc5)CC4)ncnc3cc21.Cl.Cl. The van der Waals surface area contributed by atoms with Gasteiger partial charge in [-0.1, -0.05) is 18.2 Å². The molecular weight excluding hydrogens is 423 g/mol. The molecule has 3 heterocycles. The highest BCUT2D eigenvalue weighted by Gasteiger charge is 2.21. The van der Waals surface area contributed by atoms with E-state index in [0.717, 1.165) is 53.9 Å². The highest BCUT2D eigenvalue weighted by atomic mass is 35.5. The quantitative estimate of drug-likeness (QED) is 0.521. The van der Waals surface area contributed by atoms with Crippen LogP contribution in [0.1, 0.15) is 6.92 Å². The number of para-hydroxylation sites is 1. The highest BCUT2D eigenvalue weighted by molar-refractivity contribution is 5.98. The fraction of sp³-hybridized carbons (Fsp3) is 0.286. The summed E-state index contributed by atoms with van der Waals surface area (Å²) in [6.45, 7) is 6.28. The first-order valence-electron chi connectivity index (χ1n) is 9.67. The lowest BCUT2D eigenvalue weighted by atomic mass is 10.1. The summed E-state index contributed by atoms with van der Waals surface area (Å²) in [5, 5.41) is 0.979. The van der Waals surface area contributed by atoms with Crippen molar-refractivity contribution in [1.29, 1.82) is 0 Å².